The third kappa shape index (κ3) is 3.50. The topological polar surface area (TPSA) is 55.8 Å². The molecule has 1 unspecified atom stereocenters. The Kier molecular flexibility index (Phi) is 4.61. The van der Waals surface area contributed by atoms with Crippen LogP contribution in [-0.4, -0.2) is 42.9 Å². The minimum Gasteiger partial charge on any atom is -0.497 e. The monoisotopic (exact) mass is 277 g/mol. The Hall–Kier alpha value is -2.04. The van der Waals surface area contributed by atoms with Crippen LogP contribution in [0.5, 0.6) is 11.5 Å². The van der Waals surface area contributed by atoms with Gasteiger partial charge in [-0.2, -0.15) is 0 Å². The molecule has 1 atom stereocenters. The van der Waals surface area contributed by atoms with Gasteiger partial charge in [0.15, 0.2) is 6.10 Å². The highest BCUT2D eigenvalue weighted by atomic mass is 16.5. The number of benzene rings is 1. The number of Topliss-reactive ketones (excluding diaryl/α,β-unsaturated/α-hetero) is 1. The molecule has 0 N–H and O–H groups in total. The first-order valence-corrected chi connectivity index (χ1v) is 6.71. The van der Waals surface area contributed by atoms with Crippen LogP contribution < -0.4 is 9.47 Å². The number of nitrogens with zero attached hydrogens (tertiary/aromatic N) is 1. The molecule has 1 fully saturated rings. The third-order valence-corrected chi connectivity index (χ3v) is 3.35. The van der Waals surface area contributed by atoms with E-state index in [9.17, 15) is 9.59 Å². The quantitative estimate of drug-likeness (QED) is 0.839. The number of carbonyl (C=O) groups excluding carboxylic acids is 2. The summed E-state index contributed by atoms with van der Waals surface area (Å²) in [6, 6.07) is 7.10. The van der Waals surface area contributed by atoms with Gasteiger partial charge in [-0.05, 0) is 31.2 Å². The second-order valence-corrected chi connectivity index (χ2v) is 4.80. The molecule has 108 valence electrons. The van der Waals surface area contributed by atoms with Gasteiger partial charge in [0.2, 0.25) is 0 Å². The number of ether oxygens (including phenoxy) is 2. The minimum absolute atomic E-state index is 0.0756. The van der Waals surface area contributed by atoms with Crippen molar-refractivity contribution in [2.75, 3.05) is 20.2 Å². The van der Waals surface area contributed by atoms with Gasteiger partial charge in [-0.1, -0.05) is 0 Å². The summed E-state index contributed by atoms with van der Waals surface area (Å²) >= 11 is 0. The zero-order valence-corrected chi connectivity index (χ0v) is 11.8. The van der Waals surface area contributed by atoms with Gasteiger partial charge < -0.3 is 14.4 Å². The molecule has 0 aliphatic carbocycles. The van der Waals surface area contributed by atoms with E-state index >= 15 is 0 Å². The lowest BCUT2D eigenvalue weighted by Crippen LogP contribution is -2.44. The maximum absolute atomic E-state index is 12.2. The standard InChI is InChI=1S/C15H19NO4/c1-11(15(18)16-9-7-12(17)8-10-16)20-14-5-3-13(19-2)4-6-14/h3-6,11H,7-10H2,1-2H3. The van der Waals surface area contributed by atoms with Crippen LogP contribution in [0.4, 0.5) is 0 Å². The SMILES string of the molecule is COc1ccc(OC(C)C(=O)N2CCC(=O)CC2)cc1. The summed E-state index contributed by atoms with van der Waals surface area (Å²) in [5.74, 6) is 1.51. The summed E-state index contributed by atoms with van der Waals surface area (Å²) in [6.07, 6.45) is 0.332. The van der Waals surface area contributed by atoms with Crippen molar-refractivity contribution in [2.45, 2.75) is 25.9 Å². The number of amides is 1. The number of hydrogen-bond acceptors (Lipinski definition) is 4. The summed E-state index contributed by atoms with van der Waals surface area (Å²) in [7, 11) is 1.60. The predicted molar refractivity (Wildman–Crippen MR) is 73.9 cm³/mol. The number of likely N-dealkylation sites (tertiary alicyclic amines) is 1. The van der Waals surface area contributed by atoms with Crippen molar-refractivity contribution in [3.8, 4) is 11.5 Å². The smallest absolute Gasteiger partial charge is 0.263 e. The van der Waals surface area contributed by atoms with Crippen molar-refractivity contribution >= 4 is 11.7 Å². The minimum atomic E-state index is -0.559. The molecule has 0 radical (unpaired) electrons. The first-order valence-electron chi connectivity index (χ1n) is 6.71. The normalized spacial score (nSPS) is 16.7. The Labute approximate surface area is 118 Å². The van der Waals surface area contributed by atoms with E-state index in [1.807, 2.05) is 0 Å². The van der Waals surface area contributed by atoms with Crippen LogP contribution in [0.25, 0.3) is 0 Å². The van der Waals surface area contributed by atoms with Crippen LogP contribution in [-0.2, 0) is 9.59 Å². The number of methoxy groups -OCH3 is 1. The molecule has 1 aliphatic heterocycles. The Bertz CT molecular complexity index is 473. The Morgan fingerprint density at radius 1 is 1.15 bits per heavy atom. The maximum atomic E-state index is 12.2. The first-order chi connectivity index (χ1) is 9.60. The average Bonchev–Trinajstić information content (AvgIpc) is 2.48. The van der Waals surface area contributed by atoms with Crippen LogP contribution in [0.3, 0.4) is 0 Å². The lowest BCUT2D eigenvalue weighted by Gasteiger charge is -2.28. The molecule has 0 saturated carbocycles. The summed E-state index contributed by atoms with van der Waals surface area (Å²) in [4.78, 5) is 25.1. The summed E-state index contributed by atoms with van der Waals surface area (Å²) < 4.78 is 10.7. The number of carbonyl (C=O) groups is 2. The second-order valence-electron chi connectivity index (χ2n) is 4.80. The van der Waals surface area contributed by atoms with E-state index in [-0.39, 0.29) is 11.7 Å². The zero-order chi connectivity index (χ0) is 14.5. The van der Waals surface area contributed by atoms with Gasteiger partial charge in [-0.25, -0.2) is 0 Å². The van der Waals surface area contributed by atoms with Gasteiger partial charge in [-0.15, -0.1) is 0 Å². The lowest BCUT2D eigenvalue weighted by molar-refractivity contribution is -0.140. The number of ketones is 1. The summed E-state index contributed by atoms with van der Waals surface area (Å²) in [5, 5.41) is 0. The fraction of sp³-hybridized carbons (Fsp3) is 0.467. The van der Waals surface area contributed by atoms with E-state index in [0.717, 1.165) is 5.75 Å². The van der Waals surface area contributed by atoms with Crippen LogP contribution in [0.1, 0.15) is 19.8 Å². The van der Waals surface area contributed by atoms with Gasteiger partial charge in [0.1, 0.15) is 17.3 Å². The largest absolute Gasteiger partial charge is 0.497 e. The molecule has 1 saturated heterocycles. The predicted octanol–water partition coefficient (Wildman–Crippen LogP) is 1.65. The molecule has 0 aromatic heterocycles. The van der Waals surface area contributed by atoms with Crippen molar-refractivity contribution < 1.29 is 19.1 Å². The molecule has 1 amide bonds. The number of rotatable bonds is 4. The molecule has 1 aliphatic rings. The molecule has 1 aromatic rings. The number of piperidine rings is 1. The fourth-order valence-corrected chi connectivity index (χ4v) is 2.14. The Morgan fingerprint density at radius 3 is 2.25 bits per heavy atom. The first kappa shape index (κ1) is 14.4. The zero-order valence-electron chi connectivity index (χ0n) is 11.8. The molecule has 1 heterocycles. The van der Waals surface area contributed by atoms with E-state index in [0.29, 0.717) is 31.7 Å². The van der Waals surface area contributed by atoms with Crippen LogP contribution >= 0.6 is 0 Å². The molecule has 0 bridgehead atoms. The van der Waals surface area contributed by atoms with E-state index < -0.39 is 6.10 Å². The second kappa shape index (κ2) is 6.41. The van der Waals surface area contributed by atoms with Crippen LogP contribution in [0, 0.1) is 0 Å². The van der Waals surface area contributed by atoms with Gasteiger partial charge in [0, 0.05) is 25.9 Å². The molecule has 5 heteroatoms. The van der Waals surface area contributed by atoms with Gasteiger partial charge >= 0.3 is 0 Å². The van der Waals surface area contributed by atoms with Crippen molar-refractivity contribution in [1.82, 2.24) is 4.90 Å². The van der Waals surface area contributed by atoms with Gasteiger partial charge in [-0.3, -0.25) is 9.59 Å². The van der Waals surface area contributed by atoms with Crippen LogP contribution in [0.15, 0.2) is 24.3 Å². The molecule has 5 nitrogen and oxygen atoms in total. The molecule has 2 rings (SSSR count). The molecular formula is C15H19NO4. The molecular weight excluding hydrogens is 258 g/mol. The highest BCUT2D eigenvalue weighted by molar-refractivity contribution is 5.85. The maximum Gasteiger partial charge on any atom is 0.263 e. The van der Waals surface area contributed by atoms with Gasteiger partial charge in [0.25, 0.3) is 5.91 Å². The fourth-order valence-electron chi connectivity index (χ4n) is 2.14. The van der Waals surface area contributed by atoms with E-state index in [2.05, 4.69) is 0 Å². The van der Waals surface area contributed by atoms with Crippen molar-refractivity contribution in [1.29, 1.82) is 0 Å². The lowest BCUT2D eigenvalue weighted by atomic mass is 10.1. The average molecular weight is 277 g/mol. The van der Waals surface area contributed by atoms with Crippen molar-refractivity contribution in [3.63, 3.8) is 0 Å². The highest BCUT2D eigenvalue weighted by Crippen LogP contribution is 2.19. The molecule has 1 aromatic carbocycles. The van der Waals surface area contributed by atoms with E-state index in [1.165, 1.54) is 0 Å². The van der Waals surface area contributed by atoms with Crippen molar-refractivity contribution in [3.05, 3.63) is 24.3 Å². The third-order valence-electron chi connectivity index (χ3n) is 3.35. The Balaban J connectivity index is 1.91. The van der Waals surface area contributed by atoms with Gasteiger partial charge in [0.05, 0.1) is 7.11 Å². The molecule has 20 heavy (non-hydrogen) atoms. The van der Waals surface area contributed by atoms with E-state index in [1.54, 1.807) is 43.2 Å². The van der Waals surface area contributed by atoms with Crippen LogP contribution in [0.2, 0.25) is 0 Å². The molecule has 0 spiro atoms. The summed E-state index contributed by atoms with van der Waals surface area (Å²) in [5.41, 5.74) is 0. The van der Waals surface area contributed by atoms with Crippen molar-refractivity contribution in [2.24, 2.45) is 0 Å². The summed E-state index contributed by atoms with van der Waals surface area (Å²) in [6.45, 7) is 2.71. The van der Waals surface area contributed by atoms with E-state index in [4.69, 9.17) is 9.47 Å². The highest BCUT2D eigenvalue weighted by Gasteiger charge is 2.25. The Morgan fingerprint density at radius 2 is 1.70 bits per heavy atom. The number of hydrogen-bond donors (Lipinski definition) is 0.